The molecule has 20 heavy (non-hydrogen) atoms. The van der Waals surface area contributed by atoms with Gasteiger partial charge >= 0.3 is 0 Å². The van der Waals surface area contributed by atoms with Crippen LogP contribution in [0.2, 0.25) is 0 Å². The van der Waals surface area contributed by atoms with E-state index in [1.807, 2.05) is 13.0 Å². The Kier molecular flexibility index (Phi) is 3.69. The summed E-state index contributed by atoms with van der Waals surface area (Å²) in [5, 5.41) is 10.9. The second kappa shape index (κ2) is 5.63. The summed E-state index contributed by atoms with van der Waals surface area (Å²) >= 11 is 0. The van der Waals surface area contributed by atoms with Gasteiger partial charge in [-0.3, -0.25) is 5.10 Å². The molecule has 2 N–H and O–H groups in total. The summed E-state index contributed by atoms with van der Waals surface area (Å²) in [5.74, 6) is 0.711. The Morgan fingerprint density at radius 2 is 2.15 bits per heavy atom. The molecule has 1 aromatic heterocycles. The standard InChI is InChI=1S/C15H19FN4/c1-11-14(12-4-2-5-13(16)10-12)15(19-18-11)20-8-3-6-17-7-9-20/h2,4-5,10,17H,3,6-9H2,1H3,(H,18,19). The van der Waals surface area contributed by atoms with Gasteiger partial charge in [-0.15, -0.1) is 0 Å². The Morgan fingerprint density at radius 3 is 3.00 bits per heavy atom. The Morgan fingerprint density at radius 1 is 1.25 bits per heavy atom. The molecule has 2 aromatic rings. The van der Waals surface area contributed by atoms with Crippen LogP contribution < -0.4 is 10.2 Å². The van der Waals surface area contributed by atoms with Crippen molar-refractivity contribution in [1.29, 1.82) is 0 Å². The van der Waals surface area contributed by atoms with Crippen molar-refractivity contribution in [2.75, 3.05) is 31.1 Å². The van der Waals surface area contributed by atoms with Gasteiger partial charge in [-0.1, -0.05) is 12.1 Å². The molecule has 5 heteroatoms. The van der Waals surface area contributed by atoms with Crippen LogP contribution in [0.4, 0.5) is 10.2 Å². The molecule has 0 atom stereocenters. The molecule has 106 valence electrons. The highest BCUT2D eigenvalue weighted by Crippen LogP contribution is 2.32. The first-order chi connectivity index (χ1) is 9.75. The van der Waals surface area contributed by atoms with Crippen LogP contribution in [-0.4, -0.2) is 36.4 Å². The molecule has 1 saturated heterocycles. The lowest BCUT2D eigenvalue weighted by atomic mass is 10.1. The van der Waals surface area contributed by atoms with Crippen molar-refractivity contribution in [3.8, 4) is 11.1 Å². The van der Waals surface area contributed by atoms with Gasteiger partial charge in [0.05, 0.1) is 0 Å². The van der Waals surface area contributed by atoms with Gasteiger partial charge in [-0.2, -0.15) is 5.10 Å². The largest absolute Gasteiger partial charge is 0.353 e. The van der Waals surface area contributed by atoms with Gasteiger partial charge in [0.15, 0.2) is 5.82 Å². The maximum absolute atomic E-state index is 13.5. The quantitative estimate of drug-likeness (QED) is 0.883. The predicted molar refractivity (Wildman–Crippen MR) is 78.4 cm³/mol. The third-order valence-corrected chi connectivity index (χ3v) is 3.68. The van der Waals surface area contributed by atoms with Crippen molar-refractivity contribution in [1.82, 2.24) is 15.5 Å². The van der Waals surface area contributed by atoms with Crippen molar-refractivity contribution in [3.05, 3.63) is 35.8 Å². The molecule has 4 nitrogen and oxygen atoms in total. The lowest BCUT2D eigenvalue weighted by molar-refractivity contribution is 0.628. The highest BCUT2D eigenvalue weighted by Gasteiger charge is 2.19. The topological polar surface area (TPSA) is 44.0 Å². The van der Waals surface area contributed by atoms with E-state index in [9.17, 15) is 4.39 Å². The number of aromatic amines is 1. The van der Waals surface area contributed by atoms with Crippen LogP contribution in [-0.2, 0) is 0 Å². The molecule has 1 aliphatic rings. The number of halogens is 1. The summed E-state index contributed by atoms with van der Waals surface area (Å²) in [5.41, 5.74) is 2.86. The van der Waals surface area contributed by atoms with E-state index in [0.29, 0.717) is 0 Å². The molecule has 1 aromatic carbocycles. The van der Waals surface area contributed by atoms with Gasteiger partial charge in [0.2, 0.25) is 0 Å². The van der Waals surface area contributed by atoms with Gasteiger partial charge in [0.25, 0.3) is 0 Å². The first kappa shape index (κ1) is 13.1. The van der Waals surface area contributed by atoms with Crippen molar-refractivity contribution in [2.24, 2.45) is 0 Å². The summed E-state index contributed by atoms with van der Waals surface area (Å²) in [6.45, 7) is 5.86. The number of anilines is 1. The zero-order valence-corrected chi connectivity index (χ0v) is 11.6. The molecule has 0 amide bonds. The number of aromatic nitrogens is 2. The van der Waals surface area contributed by atoms with E-state index in [2.05, 4.69) is 20.4 Å². The van der Waals surface area contributed by atoms with Gasteiger partial charge in [-0.25, -0.2) is 4.39 Å². The molecule has 0 saturated carbocycles. The number of hydrogen-bond donors (Lipinski definition) is 2. The Hall–Kier alpha value is -1.88. The number of benzene rings is 1. The highest BCUT2D eigenvalue weighted by atomic mass is 19.1. The van der Waals surface area contributed by atoms with Crippen LogP contribution in [0.1, 0.15) is 12.1 Å². The molecule has 0 unspecified atom stereocenters. The van der Waals surface area contributed by atoms with E-state index in [1.54, 1.807) is 12.1 Å². The third kappa shape index (κ3) is 2.54. The SMILES string of the molecule is Cc1[nH]nc(N2CCCNCC2)c1-c1cccc(F)c1. The highest BCUT2D eigenvalue weighted by molar-refractivity contribution is 5.78. The van der Waals surface area contributed by atoms with Gasteiger partial charge < -0.3 is 10.2 Å². The Bertz CT molecular complexity index is 585. The zero-order valence-electron chi connectivity index (χ0n) is 11.6. The Labute approximate surface area is 118 Å². The summed E-state index contributed by atoms with van der Waals surface area (Å²) in [6.07, 6.45) is 1.09. The van der Waals surface area contributed by atoms with E-state index >= 15 is 0 Å². The molecule has 1 fully saturated rings. The van der Waals surface area contributed by atoms with Crippen molar-refractivity contribution in [2.45, 2.75) is 13.3 Å². The average molecular weight is 274 g/mol. The fourth-order valence-corrected chi connectivity index (χ4v) is 2.69. The molecule has 0 aliphatic carbocycles. The number of rotatable bonds is 2. The fourth-order valence-electron chi connectivity index (χ4n) is 2.69. The number of H-pyrrole nitrogens is 1. The van der Waals surface area contributed by atoms with E-state index in [4.69, 9.17) is 0 Å². The van der Waals surface area contributed by atoms with Crippen LogP contribution in [0.5, 0.6) is 0 Å². The minimum Gasteiger partial charge on any atom is -0.353 e. The summed E-state index contributed by atoms with van der Waals surface area (Å²) < 4.78 is 13.5. The fraction of sp³-hybridized carbons (Fsp3) is 0.400. The van der Waals surface area contributed by atoms with Gasteiger partial charge in [0, 0.05) is 30.9 Å². The predicted octanol–water partition coefficient (Wildman–Crippen LogP) is 2.32. The average Bonchev–Trinajstić information content (AvgIpc) is 2.65. The number of nitrogens with one attached hydrogen (secondary N) is 2. The normalized spacial score (nSPS) is 16.2. The minimum atomic E-state index is -0.216. The number of hydrogen-bond acceptors (Lipinski definition) is 3. The zero-order chi connectivity index (χ0) is 13.9. The molecule has 2 heterocycles. The van der Waals surface area contributed by atoms with Crippen LogP contribution in [0.3, 0.4) is 0 Å². The van der Waals surface area contributed by atoms with Crippen LogP contribution in [0.25, 0.3) is 11.1 Å². The van der Waals surface area contributed by atoms with Crippen LogP contribution in [0.15, 0.2) is 24.3 Å². The van der Waals surface area contributed by atoms with E-state index in [1.165, 1.54) is 6.07 Å². The molecular formula is C15H19FN4. The molecule has 0 spiro atoms. The molecule has 1 aliphatic heterocycles. The van der Waals surface area contributed by atoms with E-state index < -0.39 is 0 Å². The van der Waals surface area contributed by atoms with Crippen molar-refractivity contribution < 1.29 is 4.39 Å². The summed E-state index contributed by atoms with van der Waals surface area (Å²) in [6, 6.07) is 6.71. The smallest absolute Gasteiger partial charge is 0.158 e. The van der Waals surface area contributed by atoms with Crippen molar-refractivity contribution in [3.63, 3.8) is 0 Å². The number of aryl methyl sites for hydroxylation is 1. The van der Waals surface area contributed by atoms with Crippen LogP contribution in [0, 0.1) is 12.7 Å². The minimum absolute atomic E-state index is 0.216. The third-order valence-electron chi connectivity index (χ3n) is 3.68. The summed E-state index contributed by atoms with van der Waals surface area (Å²) in [7, 11) is 0. The monoisotopic (exact) mass is 274 g/mol. The first-order valence-corrected chi connectivity index (χ1v) is 7.02. The number of nitrogens with zero attached hydrogens (tertiary/aromatic N) is 2. The second-order valence-electron chi connectivity index (χ2n) is 5.15. The Balaban J connectivity index is 2.00. The van der Waals surface area contributed by atoms with Crippen molar-refractivity contribution >= 4 is 5.82 Å². The lowest BCUT2D eigenvalue weighted by Crippen LogP contribution is -2.28. The maximum Gasteiger partial charge on any atom is 0.158 e. The van der Waals surface area contributed by atoms with E-state index in [0.717, 1.165) is 55.2 Å². The van der Waals surface area contributed by atoms with Gasteiger partial charge in [-0.05, 0) is 37.6 Å². The lowest BCUT2D eigenvalue weighted by Gasteiger charge is -2.21. The second-order valence-corrected chi connectivity index (χ2v) is 5.15. The molecule has 0 radical (unpaired) electrons. The van der Waals surface area contributed by atoms with E-state index in [-0.39, 0.29) is 5.82 Å². The molecular weight excluding hydrogens is 255 g/mol. The molecule has 3 rings (SSSR count). The molecule has 0 bridgehead atoms. The first-order valence-electron chi connectivity index (χ1n) is 7.02. The maximum atomic E-state index is 13.5. The van der Waals surface area contributed by atoms with Crippen LogP contribution >= 0.6 is 0 Å². The summed E-state index contributed by atoms with van der Waals surface area (Å²) in [4.78, 5) is 2.27. The van der Waals surface area contributed by atoms with Gasteiger partial charge in [0.1, 0.15) is 5.82 Å².